The van der Waals surface area contributed by atoms with Crippen LogP contribution in [0.4, 0.5) is 0 Å². The van der Waals surface area contributed by atoms with Gasteiger partial charge in [-0.3, -0.25) is 9.58 Å². The Morgan fingerprint density at radius 2 is 2.00 bits per heavy atom. The maximum atomic E-state index is 10.4. The molecule has 0 aliphatic rings. The molecule has 1 N–H and O–H groups in total. The number of aromatic nitrogens is 2. The number of aliphatic hydroxyl groups is 1. The SMILES string of the molecule is CCN(CC)C(C)(C)C(O)Cc1cnn(C)c1. The Morgan fingerprint density at radius 1 is 1.41 bits per heavy atom. The molecular weight excluding hydrogens is 214 g/mol. The molecule has 0 amide bonds. The Kier molecular flexibility index (Phi) is 4.71. The second kappa shape index (κ2) is 5.65. The van der Waals surface area contributed by atoms with Gasteiger partial charge < -0.3 is 5.11 Å². The summed E-state index contributed by atoms with van der Waals surface area (Å²) in [6, 6.07) is 0. The fourth-order valence-corrected chi connectivity index (χ4v) is 2.30. The van der Waals surface area contributed by atoms with Crippen molar-refractivity contribution in [1.29, 1.82) is 0 Å². The van der Waals surface area contributed by atoms with E-state index in [0.717, 1.165) is 18.7 Å². The third-order valence-corrected chi connectivity index (χ3v) is 3.58. The Morgan fingerprint density at radius 3 is 2.41 bits per heavy atom. The van der Waals surface area contributed by atoms with Crippen LogP contribution in [0.25, 0.3) is 0 Å². The number of aliphatic hydroxyl groups excluding tert-OH is 1. The highest BCUT2D eigenvalue weighted by Gasteiger charge is 2.32. The Balaban J connectivity index is 2.71. The zero-order chi connectivity index (χ0) is 13.1. The molecule has 4 nitrogen and oxygen atoms in total. The van der Waals surface area contributed by atoms with E-state index in [-0.39, 0.29) is 11.6 Å². The summed E-state index contributed by atoms with van der Waals surface area (Å²) in [6.07, 6.45) is 4.05. The first-order valence-corrected chi connectivity index (χ1v) is 6.32. The van der Waals surface area contributed by atoms with Gasteiger partial charge in [0.15, 0.2) is 0 Å². The van der Waals surface area contributed by atoms with Crippen LogP contribution in [0.1, 0.15) is 33.3 Å². The first-order chi connectivity index (χ1) is 7.91. The third kappa shape index (κ3) is 3.30. The lowest BCUT2D eigenvalue weighted by Gasteiger charge is -2.41. The van der Waals surface area contributed by atoms with Gasteiger partial charge in [0.2, 0.25) is 0 Å². The van der Waals surface area contributed by atoms with E-state index in [1.165, 1.54) is 0 Å². The van der Waals surface area contributed by atoms with Crippen molar-refractivity contribution < 1.29 is 5.11 Å². The minimum Gasteiger partial charge on any atom is -0.391 e. The summed E-state index contributed by atoms with van der Waals surface area (Å²) in [6.45, 7) is 10.4. The topological polar surface area (TPSA) is 41.3 Å². The van der Waals surface area contributed by atoms with Crippen molar-refractivity contribution in [3.8, 4) is 0 Å². The molecule has 0 radical (unpaired) electrons. The minimum atomic E-state index is -0.383. The van der Waals surface area contributed by atoms with Gasteiger partial charge in [-0.25, -0.2) is 0 Å². The Bertz CT molecular complexity index is 342. The predicted octanol–water partition coefficient (Wildman–Crippen LogP) is 1.44. The summed E-state index contributed by atoms with van der Waals surface area (Å²) in [5.74, 6) is 0. The quantitative estimate of drug-likeness (QED) is 0.817. The standard InChI is InChI=1S/C13H25N3O/c1-6-16(7-2)13(3,4)12(17)8-11-9-14-15(5)10-11/h9-10,12,17H,6-8H2,1-5H3. The number of nitrogens with zero attached hydrogens (tertiary/aromatic N) is 3. The van der Waals surface area contributed by atoms with Gasteiger partial charge in [-0.05, 0) is 32.5 Å². The van der Waals surface area contributed by atoms with Gasteiger partial charge in [-0.2, -0.15) is 5.10 Å². The van der Waals surface area contributed by atoms with Crippen LogP contribution in [0, 0.1) is 0 Å². The first-order valence-electron chi connectivity index (χ1n) is 6.32. The number of hydrogen-bond donors (Lipinski definition) is 1. The van der Waals surface area contributed by atoms with Crippen molar-refractivity contribution in [2.45, 2.75) is 45.8 Å². The van der Waals surface area contributed by atoms with Gasteiger partial charge in [0.25, 0.3) is 0 Å². The van der Waals surface area contributed by atoms with E-state index in [2.05, 4.69) is 37.7 Å². The van der Waals surface area contributed by atoms with Gasteiger partial charge in [0, 0.05) is 25.2 Å². The highest BCUT2D eigenvalue weighted by Crippen LogP contribution is 2.21. The molecule has 0 saturated heterocycles. The van der Waals surface area contributed by atoms with Gasteiger partial charge in [-0.1, -0.05) is 13.8 Å². The highest BCUT2D eigenvalue weighted by atomic mass is 16.3. The molecule has 4 heteroatoms. The van der Waals surface area contributed by atoms with Crippen molar-refractivity contribution in [3.63, 3.8) is 0 Å². The Labute approximate surface area is 104 Å². The summed E-state index contributed by atoms with van der Waals surface area (Å²) < 4.78 is 1.77. The zero-order valence-electron chi connectivity index (χ0n) is 11.6. The minimum absolute atomic E-state index is 0.209. The van der Waals surface area contributed by atoms with E-state index in [1.807, 2.05) is 19.4 Å². The summed E-state index contributed by atoms with van der Waals surface area (Å²) in [5.41, 5.74) is 0.875. The van der Waals surface area contributed by atoms with Gasteiger partial charge in [0.1, 0.15) is 0 Å². The van der Waals surface area contributed by atoms with E-state index in [4.69, 9.17) is 0 Å². The second-order valence-corrected chi connectivity index (χ2v) is 5.07. The molecule has 0 aliphatic heterocycles. The van der Waals surface area contributed by atoms with Crippen molar-refractivity contribution in [2.24, 2.45) is 7.05 Å². The molecule has 98 valence electrons. The fourth-order valence-electron chi connectivity index (χ4n) is 2.30. The normalized spacial score (nSPS) is 14.3. The van der Waals surface area contributed by atoms with Gasteiger partial charge in [-0.15, -0.1) is 0 Å². The van der Waals surface area contributed by atoms with Gasteiger partial charge >= 0.3 is 0 Å². The Hall–Kier alpha value is -0.870. The average molecular weight is 239 g/mol. The van der Waals surface area contributed by atoms with E-state index in [0.29, 0.717) is 6.42 Å². The van der Waals surface area contributed by atoms with Crippen molar-refractivity contribution >= 4 is 0 Å². The lowest BCUT2D eigenvalue weighted by molar-refractivity contribution is -0.00415. The van der Waals surface area contributed by atoms with Crippen molar-refractivity contribution in [3.05, 3.63) is 18.0 Å². The molecule has 0 aromatic carbocycles. The van der Waals surface area contributed by atoms with E-state index < -0.39 is 0 Å². The number of aryl methyl sites for hydroxylation is 1. The molecule has 1 rings (SSSR count). The molecule has 17 heavy (non-hydrogen) atoms. The smallest absolute Gasteiger partial charge is 0.0759 e. The van der Waals surface area contributed by atoms with Crippen molar-refractivity contribution in [2.75, 3.05) is 13.1 Å². The zero-order valence-corrected chi connectivity index (χ0v) is 11.6. The van der Waals surface area contributed by atoms with Crippen LogP contribution in [0.2, 0.25) is 0 Å². The van der Waals surface area contributed by atoms with Crippen LogP contribution in [0.3, 0.4) is 0 Å². The molecule has 1 aromatic rings. The molecule has 1 atom stereocenters. The van der Waals surface area contributed by atoms with Crippen LogP contribution in [0.15, 0.2) is 12.4 Å². The van der Waals surface area contributed by atoms with E-state index in [1.54, 1.807) is 4.68 Å². The maximum Gasteiger partial charge on any atom is 0.0759 e. The second-order valence-electron chi connectivity index (χ2n) is 5.07. The molecule has 1 aromatic heterocycles. The number of rotatable bonds is 6. The first kappa shape index (κ1) is 14.2. The van der Waals surface area contributed by atoms with Crippen LogP contribution in [0.5, 0.6) is 0 Å². The lowest BCUT2D eigenvalue weighted by Crippen LogP contribution is -2.53. The molecule has 0 fully saturated rings. The monoisotopic (exact) mass is 239 g/mol. The summed E-state index contributed by atoms with van der Waals surface area (Å²) in [4.78, 5) is 2.29. The summed E-state index contributed by atoms with van der Waals surface area (Å²) in [7, 11) is 1.89. The summed E-state index contributed by atoms with van der Waals surface area (Å²) in [5, 5.41) is 14.5. The van der Waals surface area contributed by atoms with Crippen LogP contribution in [-0.2, 0) is 13.5 Å². The lowest BCUT2D eigenvalue weighted by atomic mass is 9.90. The van der Waals surface area contributed by atoms with E-state index in [9.17, 15) is 5.11 Å². The average Bonchev–Trinajstić information content (AvgIpc) is 2.65. The predicted molar refractivity (Wildman–Crippen MR) is 69.9 cm³/mol. The molecule has 1 unspecified atom stereocenters. The van der Waals surface area contributed by atoms with Crippen LogP contribution >= 0.6 is 0 Å². The van der Waals surface area contributed by atoms with E-state index >= 15 is 0 Å². The van der Waals surface area contributed by atoms with Crippen LogP contribution in [-0.4, -0.2) is 44.5 Å². The highest BCUT2D eigenvalue weighted by molar-refractivity contribution is 5.07. The maximum absolute atomic E-state index is 10.4. The molecule has 1 heterocycles. The molecule has 0 saturated carbocycles. The number of likely N-dealkylation sites (N-methyl/N-ethyl adjacent to an activating group) is 1. The molecule has 0 aliphatic carbocycles. The summed E-state index contributed by atoms with van der Waals surface area (Å²) >= 11 is 0. The largest absolute Gasteiger partial charge is 0.391 e. The molecular formula is C13H25N3O. The van der Waals surface area contributed by atoms with Crippen LogP contribution < -0.4 is 0 Å². The fraction of sp³-hybridized carbons (Fsp3) is 0.769. The number of hydrogen-bond acceptors (Lipinski definition) is 3. The van der Waals surface area contributed by atoms with Gasteiger partial charge in [0.05, 0.1) is 12.3 Å². The third-order valence-electron chi connectivity index (χ3n) is 3.58. The molecule has 0 bridgehead atoms. The molecule has 0 spiro atoms. The van der Waals surface area contributed by atoms with Crippen molar-refractivity contribution in [1.82, 2.24) is 14.7 Å².